The summed E-state index contributed by atoms with van der Waals surface area (Å²) in [6.45, 7) is 4.59. The molecule has 3 aromatic heterocycles. The van der Waals surface area contributed by atoms with Crippen LogP contribution < -0.4 is 0 Å². The first-order valence-electron chi connectivity index (χ1n) is 10.8. The lowest BCUT2D eigenvalue weighted by Gasteiger charge is -2.41. The van der Waals surface area contributed by atoms with E-state index in [1.165, 1.54) is 18.4 Å². The molecule has 166 valence electrons. The second-order valence-corrected chi connectivity index (χ2v) is 9.61. The summed E-state index contributed by atoms with van der Waals surface area (Å²) in [6.07, 6.45) is 3.84. The summed E-state index contributed by atoms with van der Waals surface area (Å²) < 4.78 is 38.9. The van der Waals surface area contributed by atoms with Crippen molar-refractivity contribution in [2.45, 2.75) is 43.8 Å². The maximum absolute atomic E-state index is 13.0. The fourth-order valence-corrected chi connectivity index (χ4v) is 5.77. The molecule has 4 heterocycles. The molecule has 31 heavy (non-hydrogen) atoms. The van der Waals surface area contributed by atoms with Crippen molar-refractivity contribution in [1.82, 2.24) is 24.8 Å². The third kappa shape index (κ3) is 4.23. The molecule has 1 N–H and O–H groups in total. The first-order valence-corrected chi connectivity index (χ1v) is 11.7. The van der Waals surface area contributed by atoms with E-state index in [1.807, 2.05) is 6.20 Å². The van der Waals surface area contributed by atoms with Crippen LogP contribution >= 0.6 is 11.3 Å². The minimum Gasteiger partial charge on any atom is -0.345 e. The Bertz CT molecular complexity index is 1040. The molecule has 0 radical (unpaired) electrons. The number of hydrogen-bond acceptors (Lipinski definition) is 5. The van der Waals surface area contributed by atoms with Crippen LogP contribution in [0.3, 0.4) is 0 Å². The molecule has 0 amide bonds. The zero-order valence-electron chi connectivity index (χ0n) is 17.5. The van der Waals surface area contributed by atoms with Crippen molar-refractivity contribution in [3.8, 4) is 10.6 Å². The summed E-state index contributed by atoms with van der Waals surface area (Å²) >= 11 is 1.02. The molecule has 1 aliphatic carbocycles. The van der Waals surface area contributed by atoms with Crippen LogP contribution in [0.15, 0.2) is 23.8 Å². The molecule has 3 aromatic rings. The van der Waals surface area contributed by atoms with Crippen molar-refractivity contribution in [2.75, 3.05) is 33.2 Å². The van der Waals surface area contributed by atoms with Gasteiger partial charge in [0.1, 0.15) is 10.7 Å². The monoisotopic (exact) mass is 449 g/mol. The topological polar surface area (TPSA) is 48.0 Å². The maximum atomic E-state index is 13.0. The summed E-state index contributed by atoms with van der Waals surface area (Å²) in [5.41, 5.74) is 1.72. The van der Waals surface area contributed by atoms with Gasteiger partial charge in [0.05, 0.1) is 0 Å². The van der Waals surface area contributed by atoms with Crippen molar-refractivity contribution in [2.24, 2.45) is 0 Å². The van der Waals surface area contributed by atoms with E-state index in [1.54, 1.807) is 6.20 Å². The zero-order valence-corrected chi connectivity index (χ0v) is 18.3. The Morgan fingerprint density at radius 1 is 1.10 bits per heavy atom. The van der Waals surface area contributed by atoms with Gasteiger partial charge in [-0.1, -0.05) is 0 Å². The van der Waals surface area contributed by atoms with Crippen molar-refractivity contribution < 1.29 is 13.2 Å². The van der Waals surface area contributed by atoms with Gasteiger partial charge in [0, 0.05) is 60.9 Å². The quantitative estimate of drug-likeness (QED) is 0.613. The van der Waals surface area contributed by atoms with Crippen LogP contribution in [0.4, 0.5) is 13.2 Å². The smallest absolute Gasteiger partial charge is 0.345 e. The van der Waals surface area contributed by atoms with Crippen molar-refractivity contribution >= 4 is 22.4 Å². The molecule has 0 bridgehead atoms. The number of halogens is 3. The molecular weight excluding hydrogens is 423 g/mol. The van der Waals surface area contributed by atoms with E-state index >= 15 is 0 Å². The van der Waals surface area contributed by atoms with Crippen molar-refractivity contribution in [1.29, 1.82) is 0 Å². The van der Waals surface area contributed by atoms with Gasteiger partial charge in [-0.2, -0.15) is 13.2 Å². The van der Waals surface area contributed by atoms with E-state index in [0.29, 0.717) is 28.2 Å². The Hall–Kier alpha value is -1.97. The molecule has 1 aliphatic heterocycles. The van der Waals surface area contributed by atoms with E-state index in [-0.39, 0.29) is 0 Å². The lowest BCUT2D eigenvalue weighted by Crippen LogP contribution is -2.49. The van der Waals surface area contributed by atoms with E-state index in [9.17, 15) is 13.2 Å². The number of likely N-dealkylation sites (N-methyl/N-ethyl adjacent to an activating group) is 1. The average Bonchev–Trinajstić information content (AvgIpc) is 3.41. The van der Waals surface area contributed by atoms with Crippen LogP contribution in [0, 0.1) is 0 Å². The van der Waals surface area contributed by atoms with Gasteiger partial charge in [0.25, 0.3) is 0 Å². The Morgan fingerprint density at radius 3 is 2.52 bits per heavy atom. The summed E-state index contributed by atoms with van der Waals surface area (Å²) in [6, 6.07) is 2.77. The van der Waals surface area contributed by atoms with E-state index < -0.39 is 11.9 Å². The van der Waals surface area contributed by atoms with Gasteiger partial charge in [-0.05, 0) is 50.3 Å². The number of fused-ring (bicyclic) bond motifs is 1. The molecular formula is C22H26F3N5S. The Balaban J connectivity index is 1.32. The SMILES string of the molecule is CN1CCN([C@H]2CC[C@H](c3cnc4[nH]cc(-c5nc(C(F)(F)F)cs5)c4c3)CC2)CC1. The number of piperazine rings is 1. The van der Waals surface area contributed by atoms with Gasteiger partial charge >= 0.3 is 6.18 Å². The number of hydrogen-bond donors (Lipinski definition) is 1. The molecule has 5 rings (SSSR count). The summed E-state index contributed by atoms with van der Waals surface area (Å²) in [7, 11) is 2.18. The number of thiazole rings is 1. The third-order valence-electron chi connectivity index (χ3n) is 6.80. The molecule has 0 spiro atoms. The van der Waals surface area contributed by atoms with Crippen LogP contribution in [0.2, 0.25) is 0 Å². The summed E-state index contributed by atoms with van der Waals surface area (Å²) in [5, 5.41) is 2.29. The van der Waals surface area contributed by atoms with E-state index in [2.05, 4.69) is 37.9 Å². The standard InChI is InChI=1S/C22H26F3N5S/c1-29-6-8-30(9-7-29)16-4-2-14(3-5-16)15-10-17-18(12-27-20(17)26-11-15)21-28-19(13-31-21)22(23,24)25/h10-14,16H,2-9H2,1H3,(H,26,27)/t14-,16-. The van der Waals surface area contributed by atoms with Crippen LogP contribution in [0.25, 0.3) is 21.6 Å². The van der Waals surface area contributed by atoms with Gasteiger partial charge in [-0.15, -0.1) is 11.3 Å². The highest BCUT2D eigenvalue weighted by molar-refractivity contribution is 7.13. The molecule has 9 heteroatoms. The lowest BCUT2D eigenvalue weighted by molar-refractivity contribution is -0.140. The first kappa shape index (κ1) is 20.9. The molecule has 2 fully saturated rings. The molecule has 0 unspecified atom stereocenters. The second kappa shape index (κ2) is 8.18. The van der Waals surface area contributed by atoms with Crippen LogP contribution in [-0.4, -0.2) is 64.0 Å². The number of rotatable bonds is 3. The first-order chi connectivity index (χ1) is 14.9. The predicted molar refractivity (Wildman–Crippen MR) is 116 cm³/mol. The van der Waals surface area contributed by atoms with Gasteiger partial charge in [0.15, 0.2) is 5.69 Å². The highest BCUT2D eigenvalue weighted by Gasteiger charge is 2.34. The van der Waals surface area contributed by atoms with Crippen molar-refractivity contribution in [3.63, 3.8) is 0 Å². The van der Waals surface area contributed by atoms with Crippen LogP contribution in [0.1, 0.15) is 42.9 Å². The normalized spacial score (nSPS) is 24.1. The number of aromatic amines is 1. The average molecular weight is 450 g/mol. The lowest BCUT2D eigenvalue weighted by atomic mass is 9.81. The number of alkyl halides is 3. The fourth-order valence-electron chi connectivity index (χ4n) is 4.91. The number of nitrogens with one attached hydrogen (secondary N) is 1. The van der Waals surface area contributed by atoms with Gasteiger partial charge in [-0.25, -0.2) is 9.97 Å². The molecule has 0 atom stereocenters. The molecule has 1 saturated heterocycles. The molecule has 5 nitrogen and oxygen atoms in total. The summed E-state index contributed by atoms with van der Waals surface area (Å²) in [5.74, 6) is 0.449. The molecule has 1 saturated carbocycles. The number of nitrogens with zero attached hydrogens (tertiary/aromatic N) is 4. The minimum atomic E-state index is -4.42. The Labute approximate surface area is 183 Å². The second-order valence-electron chi connectivity index (χ2n) is 8.75. The highest BCUT2D eigenvalue weighted by atomic mass is 32.1. The maximum Gasteiger partial charge on any atom is 0.434 e. The van der Waals surface area contributed by atoms with Crippen LogP contribution in [-0.2, 0) is 6.18 Å². The third-order valence-corrected chi connectivity index (χ3v) is 7.68. The van der Waals surface area contributed by atoms with E-state index in [0.717, 1.165) is 61.1 Å². The Kier molecular flexibility index (Phi) is 5.52. The van der Waals surface area contributed by atoms with E-state index in [4.69, 9.17) is 0 Å². The predicted octanol–water partition coefficient (Wildman–Crippen LogP) is 4.98. The minimum absolute atomic E-state index is 0.372. The number of H-pyrrole nitrogens is 1. The Morgan fingerprint density at radius 2 is 1.84 bits per heavy atom. The highest BCUT2D eigenvalue weighted by Crippen LogP contribution is 2.39. The van der Waals surface area contributed by atoms with Gasteiger partial charge in [-0.3, -0.25) is 4.90 Å². The largest absolute Gasteiger partial charge is 0.434 e. The zero-order chi connectivity index (χ0) is 21.6. The molecule has 0 aromatic carbocycles. The van der Waals surface area contributed by atoms with Gasteiger partial charge in [0.2, 0.25) is 0 Å². The summed E-state index contributed by atoms with van der Waals surface area (Å²) in [4.78, 5) is 16.5. The van der Waals surface area contributed by atoms with Crippen LogP contribution in [0.5, 0.6) is 0 Å². The number of aromatic nitrogens is 3. The van der Waals surface area contributed by atoms with Gasteiger partial charge < -0.3 is 9.88 Å². The number of pyridine rings is 1. The molecule has 2 aliphatic rings. The van der Waals surface area contributed by atoms with Crippen molar-refractivity contribution in [3.05, 3.63) is 35.1 Å². The fraction of sp³-hybridized carbons (Fsp3) is 0.545.